The van der Waals surface area contributed by atoms with Crippen molar-refractivity contribution in [2.45, 2.75) is 160 Å². The molecule has 0 radical (unpaired) electrons. The van der Waals surface area contributed by atoms with Crippen LogP contribution in [0.15, 0.2) is 59.7 Å². The Kier molecular flexibility index (Phi) is 21.9. The number of benzene rings is 2. The van der Waals surface area contributed by atoms with Crippen LogP contribution in [0.1, 0.15) is 140 Å². The van der Waals surface area contributed by atoms with Gasteiger partial charge in [0, 0.05) is 28.7 Å². The first-order valence-electron chi connectivity index (χ1n) is 19.0. The van der Waals surface area contributed by atoms with Crippen LogP contribution in [0.25, 0.3) is 16.9 Å². The summed E-state index contributed by atoms with van der Waals surface area (Å²) in [5.41, 5.74) is 19.5. The summed E-state index contributed by atoms with van der Waals surface area (Å²) in [7, 11) is 0. The van der Waals surface area contributed by atoms with E-state index in [9.17, 15) is 20.9 Å². The number of nitrogens with zero attached hydrogens (tertiary/aromatic N) is 2. The second-order valence-corrected chi connectivity index (χ2v) is 14.8. The molecule has 49 heavy (non-hydrogen) atoms. The van der Waals surface area contributed by atoms with Crippen molar-refractivity contribution in [1.82, 2.24) is 0 Å². The second kappa shape index (κ2) is 24.9. The monoisotopic (exact) mass is 720 g/mol. The Balaban J connectivity index is 0.000000811. The van der Waals surface area contributed by atoms with Gasteiger partial charge >= 0.3 is 64.8 Å². The first-order valence-corrected chi connectivity index (χ1v) is 20.3. The Morgan fingerprint density at radius 3 is 1.80 bits per heavy atom. The van der Waals surface area contributed by atoms with Gasteiger partial charge in [-0.05, 0) is 62.4 Å². The van der Waals surface area contributed by atoms with Gasteiger partial charge in [0.15, 0.2) is 0 Å². The van der Waals surface area contributed by atoms with Crippen LogP contribution in [0.5, 0.6) is 0 Å². The minimum absolute atomic E-state index is 0.109. The van der Waals surface area contributed by atoms with E-state index in [-0.39, 0.29) is 6.42 Å². The normalized spacial score (nSPS) is 15.1. The van der Waals surface area contributed by atoms with Crippen molar-refractivity contribution in [1.29, 1.82) is 0 Å². The number of aryl methyl sites for hydroxylation is 1. The third kappa shape index (κ3) is 14.5. The van der Waals surface area contributed by atoms with Crippen LogP contribution in [0.3, 0.4) is 0 Å². The van der Waals surface area contributed by atoms with Crippen LogP contribution in [0.2, 0.25) is 10.8 Å². The molecular weight excluding hydrogens is 655 g/mol. The zero-order chi connectivity index (χ0) is 36.0. The summed E-state index contributed by atoms with van der Waals surface area (Å²) in [5, 5.41) is 42.3. The van der Waals surface area contributed by atoms with Gasteiger partial charge in [0.2, 0.25) is 11.4 Å². The summed E-state index contributed by atoms with van der Waals surface area (Å²) in [4.78, 5) is 0. The first kappa shape index (κ1) is 43.0. The van der Waals surface area contributed by atoms with Gasteiger partial charge in [-0.2, -0.15) is 0 Å². The molecule has 6 nitrogen and oxygen atoms in total. The van der Waals surface area contributed by atoms with Crippen molar-refractivity contribution in [2.75, 3.05) is 6.61 Å². The molecule has 2 aromatic rings. The van der Waals surface area contributed by atoms with Crippen molar-refractivity contribution >= 4 is 11.4 Å². The van der Waals surface area contributed by atoms with E-state index in [1.54, 1.807) is 0 Å². The third-order valence-electron chi connectivity index (χ3n) is 9.02. The summed E-state index contributed by atoms with van der Waals surface area (Å²) in [5.74, 6) is 0. The van der Waals surface area contributed by atoms with E-state index < -0.39 is 24.9 Å². The average molecular weight is 722 g/mol. The minimum atomic E-state index is -1.45. The molecule has 0 spiro atoms. The van der Waals surface area contributed by atoms with Gasteiger partial charge in [-0.25, -0.2) is 4.70 Å². The zero-order valence-electron chi connectivity index (χ0n) is 31.1. The predicted octanol–water partition coefficient (Wildman–Crippen LogP) is 10.2. The molecule has 0 saturated carbocycles. The maximum atomic E-state index is 11.8. The molecule has 4 N–H and O–H groups in total. The van der Waals surface area contributed by atoms with Crippen LogP contribution in [-0.4, -0.2) is 50.0 Å². The van der Waals surface area contributed by atoms with Gasteiger partial charge in [-0.1, -0.05) is 82.2 Å². The maximum absolute atomic E-state index is 11.8. The second-order valence-electron chi connectivity index (χ2n) is 13.3. The fourth-order valence-electron chi connectivity index (χ4n) is 5.97. The molecule has 278 valence electrons. The van der Waals surface area contributed by atoms with Crippen LogP contribution in [-0.2, 0) is 20.9 Å². The van der Waals surface area contributed by atoms with Crippen molar-refractivity contribution in [3.8, 4) is 0 Å². The Labute approximate surface area is 304 Å². The molecule has 3 atom stereocenters. The molecule has 0 bridgehead atoms. The van der Waals surface area contributed by atoms with Gasteiger partial charge in [0.1, 0.15) is 12.2 Å². The molecule has 1 heterocycles. The van der Waals surface area contributed by atoms with Crippen LogP contribution >= 0.6 is 0 Å². The summed E-state index contributed by atoms with van der Waals surface area (Å²) in [6, 6.07) is 16.0. The van der Waals surface area contributed by atoms with Gasteiger partial charge in [-0.15, -0.1) is 0 Å². The van der Waals surface area contributed by atoms with Crippen molar-refractivity contribution < 1.29 is 39.6 Å². The Hall–Kier alpha value is -2.15. The molecule has 0 aromatic heterocycles. The van der Waals surface area contributed by atoms with E-state index in [2.05, 4.69) is 58.9 Å². The van der Waals surface area contributed by atoms with E-state index >= 15 is 0 Å². The molecule has 7 heteroatoms. The van der Waals surface area contributed by atoms with Crippen LogP contribution in [0.4, 0.5) is 0 Å². The number of rotatable bonds is 23. The van der Waals surface area contributed by atoms with Crippen LogP contribution in [0, 0.1) is 6.92 Å². The van der Waals surface area contributed by atoms with Crippen molar-refractivity contribution in [3.05, 3.63) is 87.5 Å². The fourth-order valence-corrected chi connectivity index (χ4v) is 7.40. The van der Waals surface area contributed by atoms with Crippen molar-refractivity contribution in [3.63, 3.8) is 0 Å². The number of hydrogen-bond donors (Lipinski definition) is 4. The first-order chi connectivity index (χ1) is 23.7. The molecule has 0 aliphatic carbocycles. The van der Waals surface area contributed by atoms with E-state index in [1.807, 2.05) is 38.7 Å². The van der Waals surface area contributed by atoms with Gasteiger partial charge in [-0.3, -0.25) is 0 Å². The number of hydrogen-bond acceptors (Lipinski definition) is 4. The molecule has 0 amide bonds. The number of allylic oxidation sites excluding steroid dienone is 2. The van der Waals surface area contributed by atoms with E-state index in [1.165, 1.54) is 90.0 Å². The van der Waals surface area contributed by atoms with E-state index in [0.717, 1.165) is 60.2 Å². The van der Waals surface area contributed by atoms with Crippen LogP contribution < -0.4 is 0 Å². The molecule has 2 aromatic carbocycles. The molecule has 0 fully saturated rings. The SMILES string of the molecule is CCCCCCCCC1=C(c2ccc(C)cc2)[N+](=[N-])C(c2cccc(CC(O)C(O)C(O)CO)c2)=C1CCCC.CCC[CH2][Ni][CH2]CCC. The van der Waals surface area contributed by atoms with Gasteiger partial charge in [0.25, 0.3) is 0 Å². The molecule has 1 aliphatic rings. The van der Waals surface area contributed by atoms with E-state index in [0.29, 0.717) is 0 Å². The Morgan fingerprint density at radius 2 is 1.20 bits per heavy atom. The van der Waals surface area contributed by atoms with E-state index in [4.69, 9.17) is 5.11 Å². The van der Waals surface area contributed by atoms with Gasteiger partial charge < -0.3 is 26.0 Å². The zero-order valence-corrected chi connectivity index (χ0v) is 32.1. The summed E-state index contributed by atoms with van der Waals surface area (Å²) in [6.45, 7) is 10.4. The summed E-state index contributed by atoms with van der Waals surface area (Å²) >= 11 is 1.94. The summed E-state index contributed by atoms with van der Waals surface area (Å²) < 4.78 is 1.36. The number of aliphatic hydroxyl groups is 4. The quantitative estimate of drug-likeness (QED) is 0.0521. The molecule has 1 aliphatic heterocycles. The number of aliphatic hydroxyl groups excluding tert-OH is 4. The Morgan fingerprint density at radius 1 is 0.653 bits per heavy atom. The third-order valence-corrected chi connectivity index (χ3v) is 10.4. The molecular formula is C42H66N2NiO4. The Bertz CT molecular complexity index is 1280. The molecule has 3 unspecified atom stereocenters. The van der Waals surface area contributed by atoms with Crippen molar-refractivity contribution in [2.24, 2.45) is 0 Å². The summed E-state index contributed by atoms with van der Waals surface area (Å²) in [6.07, 6.45) is 12.6. The molecule has 3 rings (SSSR count). The average Bonchev–Trinajstić information content (AvgIpc) is 3.38. The molecule has 0 saturated heterocycles. The predicted molar refractivity (Wildman–Crippen MR) is 201 cm³/mol. The van der Waals surface area contributed by atoms with Gasteiger partial charge in [0.05, 0.1) is 12.7 Å². The number of unbranched alkanes of at least 4 members (excludes halogenated alkanes) is 8. The standard InChI is InChI=1S/C34H48N2O4.2C4H9.Ni/c1-4-6-8-9-10-11-16-29-28(15-7-5-2)33(36(35)32(29)26-19-17-24(3)18-20-26)27-14-12-13-25(21-27)22-30(38)34(40)31(39)23-37;2*1-3-4-2;/h12-14,17-21,30-31,34,37-40H,4-11,15-16,22-23H2,1-3H3;2*1,3-4H2,2H3;. The fraction of sp³-hybridized carbons (Fsp3) is 0.619. The topological polar surface area (TPSA) is 106 Å².